The van der Waals surface area contributed by atoms with Crippen LogP contribution >= 0.6 is 11.3 Å². The Hall–Kier alpha value is -2.54. The average Bonchev–Trinajstić information content (AvgIpc) is 3.10. The zero-order valence-electron chi connectivity index (χ0n) is 13.0. The first kappa shape index (κ1) is 15.0. The van der Waals surface area contributed by atoms with Crippen molar-refractivity contribution >= 4 is 27.5 Å². The van der Waals surface area contributed by atoms with Crippen LogP contribution in [-0.4, -0.2) is 45.2 Å². The maximum absolute atomic E-state index is 12.8. The first-order valence-electron chi connectivity index (χ1n) is 7.86. The van der Waals surface area contributed by atoms with Crippen molar-refractivity contribution in [1.82, 2.24) is 20.1 Å². The maximum Gasteiger partial charge on any atom is 0.254 e. The van der Waals surface area contributed by atoms with Gasteiger partial charge in [-0.05, 0) is 37.1 Å². The van der Waals surface area contributed by atoms with Crippen molar-refractivity contribution < 1.29 is 9.53 Å². The monoisotopic (exact) mass is 340 g/mol. The summed E-state index contributed by atoms with van der Waals surface area (Å²) in [6, 6.07) is 9.24. The van der Waals surface area contributed by atoms with Crippen LogP contribution in [0.5, 0.6) is 5.88 Å². The number of benzene rings is 1. The summed E-state index contributed by atoms with van der Waals surface area (Å²) in [7, 11) is 0. The van der Waals surface area contributed by atoms with Crippen LogP contribution < -0.4 is 4.74 Å². The van der Waals surface area contributed by atoms with Gasteiger partial charge < -0.3 is 9.64 Å². The van der Waals surface area contributed by atoms with E-state index >= 15 is 0 Å². The van der Waals surface area contributed by atoms with E-state index in [4.69, 9.17) is 4.74 Å². The third-order valence-electron chi connectivity index (χ3n) is 4.08. The normalized spacial score (nSPS) is 17.8. The van der Waals surface area contributed by atoms with Gasteiger partial charge in [0.15, 0.2) is 0 Å². The molecule has 0 unspecified atom stereocenters. The van der Waals surface area contributed by atoms with E-state index in [2.05, 4.69) is 15.2 Å². The predicted molar refractivity (Wildman–Crippen MR) is 91.2 cm³/mol. The molecule has 0 N–H and O–H groups in total. The van der Waals surface area contributed by atoms with Crippen LogP contribution in [0.3, 0.4) is 0 Å². The lowest BCUT2D eigenvalue weighted by Gasteiger charge is -2.32. The van der Waals surface area contributed by atoms with Crippen LogP contribution in [-0.2, 0) is 0 Å². The number of hydrogen-bond donors (Lipinski definition) is 0. The van der Waals surface area contributed by atoms with Crippen molar-refractivity contribution in [2.45, 2.75) is 18.9 Å². The van der Waals surface area contributed by atoms with Gasteiger partial charge in [0, 0.05) is 24.4 Å². The number of hydrogen-bond acceptors (Lipinski definition) is 6. The molecule has 2 aromatic heterocycles. The van der Waals surface area contributed by atoms with E-state index in [9.17, 15) is 4.79 Å². The first-order chi connectivity index (χ1) is 11.8. The Kier molecular flexibility index (Phi) is 4.08. The Morgan fingerprint density at radius 2 is 2.29 bits per heavy atom. The molecule has 0 spiro atoms. The SMILES string of the molecule is O=C(c1ccc2ncsc2c1)N1CCC[C@@H](Oc2cccnn2)C1. The maximum atomic E-state index is 12.8. The minimum atomic E-state index is -0.0495. The summed E-state index contributed by atoms with van der Waals surface area (Å²) in [6.07, 6.45) is 3.39. The van der Waals surface area contributed by atoms with Crippen molar-refractivity contribution in [3.63, 3.8) is 0 Å². The largest absolute Gasteiger partial charge is 0.471 e. The highest BCUT2D eigenvalue weighted by Gasteiger charge is 2.26. The number of carbonyl (C=O) groups is 1. The highest BCUT2D eigenvalue weighted by atomic mass is 32.1. The molecule has 1 aromatic carbocycles. The lowest BCUT2D eigenvalue weighted by molar-refractivity contribution is 0.0525. The Morgan fingerprint density at radius 3 is 3.17 bits per heavy atom. The van der Waals surface area contributed by atoms with E-state index in [-0.39, 0.29) is 12.0 Å². The summed E-state index contributed by atoms with van der Waals surface area (Å²) in [6.45, 7) is 1.32. The Morgan fingerprint density at radius 1 is 1.33 bits per heavy atom. The Bertz CT molecular complexity index is 852. The number of rotatable bonds is 3. The summed E-state index contributed by atoms with van der Waals surface area (Å²) >= 11 is 1.55. The molecule has 3 heterocycles. The van der Waals surface area contributed by atoms with Gasteiger partial charge in [0.25, 0.3) is 5.91 Å². The molecule has 6 nitrogen and oxygen atoms in total. The molecule has 3 aromatic rings. The predicted octanol–water partition coefficient (Wildman–Crippen LogP) is 2.77. The Labute approximate surface area is 143 Å². The van der Waals surface area contributed by atoms with Gasteiger partial charge >= 0.3 is 0 Å². The zero-order chi connectivity index (χ0) is 16.4. The molecule has 1 aliphatic heterocycles. The lowest BCUT2D eigenvalue weighted by Crippen LogP contribution is -2.44. The van der Waals surface area contributed by atoms with Crippen LogP contribution in [0.25, 0.3) is 10.2 Å². The van der Waals surface area contributed by atoms with Crippen LogP contribution in [0.1, 0.15) is 23.2 Å². The fourth-order valence-electron chi connectivity index (χ4n) is 2.91. The number of aromatic nitrogens is 3. The topological polar surface area (TPSA) is 68.2 Å². The van der Waals surface area contributed by atoms with Crippen molar-refractivity contribution in [3.05, 3.63) is 47.6 Å². The minimum absolute atomic E-state index is 0.0396. The number of carbonyl (C=O) groups excluding carboxylic acids is 1. The summed E-state index contributed by atoms with van der Waals surface area (Å²) in [4.78, 5) is 18.9. The van der Waals surface area contributed by atoms with Gasteiger partial charge in [0.1, 0.15) is 6.10 Å². The number of thiazole rings is 1. The molecule has 1 saturated heterocycles. The molecule has 0 saturated carbocycles. The number of likely N-dealkylation sites (tertiary alicyclic amines) is 1. The van der Waals surface area contributed by atoms with Gasteiger partial charge in [-0.25, -0.2) is 4.98 Å². The van der Waals surface area contributed by atoms with Crippen LogP contribution in [0.4, 0.5) is 0 Å². The van der Waals surface area contributed by atoms with E-state index in [0.717, 1.165) is 29.6 Å². The van der Waals surface area contributed by atoms with Crippen molar-refractivity contribution in [2.24, 2.45) is 0 Å². The first-order valence-corrected chi connectivity index (χ1v) is 8.74. The van der Waals surface area contributed by atoms with Gasteiger partial charge in [-0.1, -0.05) is 0 Å². The Balaban J connectivity index is 1.47. The molecule has 1 atom stereocenters. The van der Waals surface area contributed by atoms with Crippen LogP contribution in [0.2, 0.25) is 0 Å². The van der Waals surface area contributed by atoms with E-state index in [1.807, 2.05) is 23.1 Å². The molecular weight excluding hydrogens is 324 g/mol. The summed E-state index contributed by atoms with van der Waals surface area (Å²) < 4.78 is 6.89. The quantitative estimate of drug-likeness (QED) is 0.733. The molecule has 1 fully saturated rings. The number of fused-ring (bicyclic) bond motifs is 1. The molecule has 0 aliphatic carbocycles. The third-order valence-corrected chi connectivity index (χ3v) is 4.87. The van der Waals surface area contributed by atoms with Crippen molar-refractivity contribution in [3.8, 4) is 5.88 Å². The summed E-state index contributed by atoms with van der Waals surface area (Å²) in [5, 5.41) is 7.76. The van der Waals surface area contributed by atoms with E-state index in [0.29, 0.717) is 18.0 Å². The molecule has 1 aliphatic rings. The highest BCUT2D eigenvalue weighted by molar-refractivity contribution is 7.16. The number of amides is 1. The van der Waals surface area contributed by atoms with E-state index in [1.54, 1.807) is 35.2 Å². The lowest BCUT2D eigenvalue weighted by atomic mass is 10.1. The number of ether oxygens (including phenoxy) is 1. The van der Waals surface area contributed by atoms with Crippen LogP contribution in [0, 0.1) is 0 Å². The molecule has 1 amide bonds. The third kappa shape index (κ3) is 3.07. The van der Waals surface area contributed by atoms with Gasteiger partial charge in [0.2, 0.25) is 5.88 Å². The van der Waals surface area contributed by atoms with Gasteiger partial charge in [0.05, 0.1) is 22.3 Å². The van der Waals surface area contributed by atoms with E-state index in [1.165, 1.54) is 0 Å². The van der Waals surface area contributed by atoms with Crippen molar-refractivity contribution in [1.29, 1.82) is 0 Å². The molecule has 7 heteroatoms. The van der Waals surface area contributed by atoms with E-state index < -0.39 is 0 Å². The van der Waals surface area contributed by atoms with Crippen molar-refractivity contribution in [2.75, 3.05) is 13.1 Å². The van der Waals surface area contributed by atoms with Gasteiger partial charge in [-0.15, -0.1) is 16.4 Å². The number of piperidine rings is 1. The smallest absolute Gasteiger partial charge is 0.254 e. The highest BCUT2D eigenvalue weighted by Crippen LogP contribution is 2.22. The zero-order valence-corrected chi connectivity index (χ0v) is 13.8. The molecule has 122 valence electrons. The summed E-state index contributed by atoms with van der Waals surface area (Å²) in [5.74, 6) is 0.542. The second-order valence-electron chi connectivity index (χ2n) is 5.73. The second kappa shape index (κ2) is 6.52. The molecule has 0 radical (unpaired) electrons. The summed E-state index contributed by atoms with van der Waals surface area (Å²) in [5.41, 5.74) is 3.43. The minimum Gasteiger partial charge on any atom is -0.471 e. The standard InChI is InChI=1S/C17H16N4O2S/c22-17(12-5-6-14-15(9-12)24-11-18-14)21-8-2-3-13(10-21)23-16-4-1-7-19-20-16/h1,4-7,9,11,13H,2-3,8,10H2/t13-/m1/s1. The molecule has 4 rings (SSSR count). The molecular formula is C17H16N4O2S. The second-order valence-corrected chi connectivity index (χ2v) is 6.62. The van der Waals surface area contributed by atoms with Gasteiger partial charge in [-0.3, -0.25) is 4.79 Å². The number of nitrogens with zero attached hydrogens (tertiary/aromatic N) is 4. The molecule has 24 heavy (non-hydrogen) atoms. The fraction of sp³-hybridized carbons (Fsp3) is 0.294. The van der Waals surface area contributed by atoms with Crippen LogP contribution in [0.15, 0.2) is 42.0 Å². The average molecular weight is 340 g/mol. The van der Waals surface area contributed by atoms with Gasteiger partial charge in [-0.2, -0.15) is 5.10 Å². The fourth-order valence-corrected chi connectivity index (χ4v) is 3.63. The molecule has 0 bridgehead atoms.